The van der Waals surface area contributed by atoms with Crippen LogP contribution in [0.5, 0.6) is 0 Å². The van der Waals surface area contributed by atoms with Crippen molar-refractivity contribution in [2.75, 3.05) is 29.9 Å². The molecule has 0 aromatic carbocycles. The molecule has 1 unspecified atom stereocenters. The van der Waals surface area contributed by atoms with Gasteiger partial charge in [0.05, 0.1) is 29.0 Å². The molecule has 0 amide bonds. The van der Waals surface area contributed by atoms with E-state index >= 15 is 0 Å². The third-order valence-corrected chi connectivity index (χ3v) is 2.79. The molecule has 0 aliphatic heterocycles. The van der Waals surface area contributed by atoms with Crippen molar-refractivity contribution in [3.8, 4) is 6.07 Å². The number of nitrogens with zero attached hydrogens (tertiary/aromatic N) is 4. The van der Waals surface area contributed by atoms with Crippen LogP contribution in [0.3, 0.4) is 0 Å². The molecule has 7 heteroatoms. The second kappa shape index (κ2) is 7.28. The van der Waals surface area contributed by atoms with Crippen molar-refractivity contribution in [1.82, 2.24) is 4.98 Å². The molecular formula is C13H19N5O2. The number of aromatic nitrogens is 1. The van der Waals surface area contributed by atoms with Crippen LogP contribution in [0.4, 0.5) is 17.3 Å². The van der Waals surface area contributed by atoms with E-state index in [4.69, 9.17) is 5.26 Å². The molecule has 1 rings (SSSR count). The summed E-state index contributed by atoms with van der Waals surface area (Å²) in [5.74, 6) is 0.818. The van der Waals surface area contributed by atoms with Crippen molar-refractivity contribution in [3.63, 3.8) is 0 Å². The SMILES string of the molecule is CCNc1cc([N+](=O)[O-])cc(N(CC)CC(C)C#N)n1. The fourth-order valence-corrected chi connectivity index (χ4v) is 1.80. The van der Waals surface area contributed by atoms with Crippen LogP contribution in [0.15, 0.2) is 12.1 Å². The predicted molar refractivity (Wildman–Crippen MR) is 77.7 cm³/mol. The number of hydrogen-bond donors (Lipinski definition) is 1. The van der Waals surface area contributed by atoms with Crippen LogP contribution in [0, 0.1) is 27.4 Å². The van der Waals surface area contributed by atoms with E-state index in [1.54, 1.807) is 0 Å². The fourth-order valence-electron chi connectivity index (χ4n) is 1.80. The fraction of sp³-hybridized carbons (Fsp3) is 0.538. The zero-order valence-corrected chi connectivity index (χ0v) is 12.0. The molecule has 108 valence electrons. The molecule has 0 spiro atoms. The maximum Gasteiger partial charge on any atom is 0.276 e. The first-order valence-corrected chi connectivity index (χ1v) is 6.56. The molecule has 0 aliphatic rings. The average Bonchev–Trinajstić information content (AvgIpc) is 2.44. The Labute approximate surface area is 118 Å². The normalized spacial score (nSPS) is 11.5. The Kier molecular flexibility index (Phi) is 5.72. The first-order chi connectivity index (χ1) is 9.51. The van der Waals surface area contributed by atoms with Gasteiger partial charge in [-0.1, -0.05) is 0 Å². The molecule has 0 bridgehead atoms. The van der Waals surface area contributed by atoms with Gasteiger partial charge in [-0.3, -0.25) is 10.1 Å². The smallest absolute Gasteiger partial charge is 0.276 e. The van der Waals surface area contributed by atoms with E-state index in [0.717, 1.165) is 0 Å². The van der Waals surface area contributed by atoms with E-state index in [-0.39, 0.29) is 11.6 Å². The quantitative estimate of drug-likeness (QED) is 0.607. The number of nitrogens with one attached hydrogen (secondary N) is 1. The highest BCUT2D eigenvalue weighted by Gasteiger charge is 2.16. The van der Waals surface area contributed by atoms with Crippen molar-refractivity contribution in [2.24, 2.45) is 5.92 Å². The Balaban J connectivity index is 3.13. The monoisotopic (exact) mass is 277 g/mol. The van der Waals surface area contributed by atoms with Gasteiger partial charge < -0.3 is 10.2 Å². The molecular weight excluding hydrogens is 258 g/mol. The Morgan fingerprint density at radius 1 is 1.55 bits per heavy atom. The summed E-state index contributed by atoms with van der Waals surface area (Å²) in [6.07, 6.45) is 0. The van der Waals surface area contributed by atoms with Crippen LogP contribution in [-0.4, -0.2) is 29.5 Å². The Morgan fingerprint density at radius 2 is 2.25 bits per heavy atom. The number of pyridine rings is 1. The van der Waals surface area contributed by atoms with E-state index in [1.807, 2.05) is 25.7 Å². The summed E-state index contributed by atoms with van der Waals surface area (Å²) in [4.78, 5) is 16.8. The van der Waals surface area contributed by atoms with Gasteiger partial charge in [-0.15, -0.1) is 0 Å². The lowest BCUT2D eigenvalue weighted by atomic mass is 10.2. The molecule has 1 aromatic rings. The number of nitriles is 1. The highest BCUT2D eigenvalue weighted by atomic mass is 16.6. The van der Waals surface area contributed by atoms with Crippen molar-refractivity contribution in [1.29, 1.82) is 5.26 Å². The van der Waals surface area contributed by atoms with Crippen LogP contribution in [0.25, 0.3) is 0 Å². The van der Waals surface area contributed by atoms with E-state index in [9.17, 15) is 10.1 Å². The second-order valence-electron chi connectivity index (χ2n) is 4.43. The van der Waals surface area contributed by atoms with Crippen molar-refractivity contribution < 1.29 is 4.92 Å². The number of nitro groups is 1. The van der Waals surface area contributed by atoms with E-state index in [2.05, 4.69) is 16.4 Å². The van der Waals surface area contributed by atoms with Gasteiger partial charge in [-0.2, -0.15) is 5.26 Å². The van der Waals surface area contributed by atoms with Gasteiger partial charge in [0.1, 0.15) is 11.6 Å². The maximum atomic E-state index is 11.0. The summed E-state index contributed by atoms with van der Waals surface area (Å²) in [6.45, 7) is 7.39. The Morgan fingerprint density at radius 3 is 2.75 bits per heavy atom. The predicted octanol–water partition coefficient (Wildman–Crippen LogP) is 2.41. The zero-order valence-electron chi connectivity index (χ0n) is 12.0. The summed E-state index contributed by atoms with van der Waals surface area (Å²) in [5.41, 5.74) is -0.00555. The lowest BCUT2D eigenvalue weighted by Crippen LogP contribution is -2.28. The molecule has 0 radical (unpaired) electrons. The van der Waals surface area contributed by atoms with Gasteiger partial charge in [-0.25, -0.2) is 4.98 Å². The largest absolute Gasteiger partial charge is 0.370 e. The molecule has 1 heterocycles. The second-order valence-corrected chi connectivity index (χ2v) is 4.43. The van der Waals surface area contributed by atoms with Gasteiger partial charge in [0.2, 0.25) is 0 Å². The van der Waals surface area contributed by atoms with Crippen LogP contribution in [-0.2, 0) is 0 Å². The molecule has 7 nitrogen and oxygen atoms in total. The van der Waals surface area contributed by atoms with Crippen molar-refractivity contribution >= 4 is 17.3 Å². The van der Waals surface area contributed by atoms with Crippen LogP contribution >= 0.6 is 0 Å². The topological polar surface area (TPSA) is 95.1 Å². The summed E-state index contributed by atoms with van der Waals surface area (Å²) in [5, 5.41) is 22.9. The Bertz CT molecular complexity index is 512. The molecule has 1 N–H and O–H groups in total. The molecule has 1 atom stereocenters. The van der Waals surface area contributed by atoms with Crippen LogP contribution in [0.2, 0.25) is 0 Å². The molecule has 20 heavy (non-hydrogen) atoms. The molecule has 0 fully saturated rings. The number of anilines is 2. The third kappa shape index (κ3) is 4.09. The summed E-state index contributed by atoms with van der Waals surface area (Å²) >= 11 is 0. The first-order valence-electron chi connectivity index (χ1n) is 6.56. The first kappa shape index (κ1) is 15.7. The Hall–Kier alpha value is -2.36. The maximum absolute atomic E-state index is 11.0. The molecule has 0 aliphatic carbocycles. The van der Waals surface area contributed by atoms with E-state index < -0.39 is 4.92 Å². The zero-order chi connectivity index (χ0) is 15.1. The van der Waals surface area contributed by atoms with E-state index in [0.29, 0.717) is 31.3 Å². The van der Waals surface area contributed by atoms with Crippen molar-refractivity contribution in [3.05, 3.63) is 22.2 Å². The van der Waals surface area contributed by atoms with Crippen LogP contribution in [0.1, 0.15) is 20.8 Å². The van der Waals surface area contributed by atoms with E-state index in [1.165, 1.54) is 12.1 Å². The lowest BCUT2D eigenvalue weighted by Gasteiger charge is -2.23. The third-order valence-electron chi connectivity index (χ3n) is 2.79. The average molecular weight is 277 g/mol. The summed E-state index contributed by atoms with van der Waals surface area (Å²) in [6, 6.07) is 5.01. The van der Waals surface area contributed by atoms with Gasteiger partial charge in [0.15, 0.2) is 0 Å². The number of hydrogen-bond acceptors (Lipinski definition) is 6. The molecule has 0 saturated carbocycles. The highest BCUT2D eigenvalue weighted by molar-refractivity contribution is 5.56. The highest BCUT2D eigenvalue weighted by Crippen LogP contribution is 2.23. The van der Waals surface area contributed by atoms with Gasteiger partial charge >= 0.3 is 0 Å². The van der Waals surface area contributed by atoms with Gasteiger partial charge in [0, 0.05) is 19.6 Å². The van der Waals surface area contributed by atoms with Crippen molar-refractivity contribution in [2.45, 2.75) is 20.8 Å². The summed E-state index contributed by atoms with van der Waals surface area (Å²) < 4.78 is 0. The minimum absolute atomic E-state index is 0.00555. The molecule has 0 saturated heterocycles. The number of rotatable bonds is 7. The lowest BCUT2D eigenvalue weighted by molar-refractivity contribution is -0.384. The molecule has 1 aromatic heterocycles. The minimum Gasteiger partial charge on any atom is -0.370 e. The van der Waals surface area contributed by atoms with Crippen LogP contribution < -0.4 is 10.2 Å². The standard InChI is InChI=1S/C13H19N5O2/c1-4-15-12-6-11(18(19)20)7-13(16-12)17(5-2)9-10(3)8-14/h6-7,10H,4-5,9H2,1-3H3,(H,15,16). The van der Waals surface area contributed by atoms with Gasteiger partial charge in [0.25, 0.3) is 5.69 Å². The summed E-state index contributed by atoms with van der Waals surface area (Å²) in [7, 11) is 0. The van der Waals surface area contributed by atoms with Gasteiger partial charge in [-0.05, 0) is 20.8 Å². The minimum atomic E-state index is -0.437.